The Morgan fingerprint density at radius 3 is 2.38 bits per heavy atom. The van der Waals surface area contributed by atoms with Crippen molar-refractivity contribution < 1.29 is 19.1 Å². The third-order valence-electron chi connectivity index (χ3n) is 7.44. The Labute approximate surface area is 253 Å². The Balaban J connectivity index is 1.33. The fourth-order valence-corrected chi connectivity index (χ4v) is 5.82. The molecule has 0 spiro atoms. The fourth-order valence-electron chi connectivity index (χ4n) is 5.11. The number of nitrogens with one attached hydrogen (secondary N) is 3. The number of carbonyl (C=O) groups excluding carboxylic acids is 3. The van der Waals surface area contributed by atoms with Gasteiger partial charge < -0.3 is 30.1 Å². The molecule has 2 fully saturated rings. The van der Waals surface area contributed by atoms with Crippen molar-refractivity contribution in [3.63, 3.8) is 0 Å². The standard InChI is InChI=1S/C30H45N7O4S/c1-30(2,3)41-29(40)34-26-21-42-20-25(26)33-27(38)24-11-10-22(18-31-24)19-37(28(39)32-23-8-5-6-9-23)13-7-12-36-16-14-35(4)15-17-36/h10-11,18,20-21,23H,5-9,12-17,19H2,1-4H3,(H,32,39)(H,33,38)(H,34,40). The van der Waals surface area contributed by atoms with Gasteiger partial charge in [-0.25, -0.2) is 9.59 Å². The Bertz CT molecular complexity index is 1180. The van der Waals surface area contributed by atoms with Gasteiger partial charge in [0.2, 0.25) is 0 Å². The molecule has 4 rings (SSSR count). The summed E-state index contributed by atoms with van der Waals surface area (Å²) in [7, 11) is 2.15. The maximum Gasteiger partial charge on any atom is 0.412 e. The first-order valence-corrected chi connectivity index (χ1v) is 15.8. The predicted octanol–water partition coefficient (Wildman–Crippen LogP) is 4.83. The second-order valence-electron chi connectivity index (χ2n) is 12.2. The zero-order valence-electron chi connectivity index (χ0n) is 25.3. The van der Waals surface area contributed by atoms with E-state index in [1.807, 2.05) is 11.0 Å². The molecular formula is C30H45N7O4S. The number of urea groups is 1. The smallest absolute Gasteiger partial charge is 0.412 e. The first kappa shape index (κ1) is 31.7. The van der Waals surface area contributed by atoms with E-state index < -0.39 is 17.6 Å². The van der Waals surface area contributed by atoms with Gasteiger partial charge in [0.25, 0.3) is 5.91 Å². The lowest BCUT2D eigenvalue weighted by Gasteiger charge is -2.33. The molecule has 0 radical (unpaired) electrons. The number of amides is 4. The largest absolute Gasteiger partial charge is 0.444 e. The van der Waals surface area contributed by atoms with E-state index in [-0.39, 0.29) is 17.8 Å². The van der Waals surface area contributed by atoms with Crippen molar-refractivity contribution in [1.82, 2.24) is 25.0 Å². The minimum absolute atomic E-state index is 0.0374. The number of carbonyl (C=O) groups is 3. The van der Waals surface area contributed by atoms with E-state index >= 15 is 0 Å². The number of aromatic nitrogens is 1. The molecule has 0 atom stereocenters. The van der Waals surface area contributed by atoms with Crippen molar-refractivity contribution in [1.29, 1.82) is 0 Å². The lowest BCUT2D eigenvalue weighted by molar-refractivity contribution is 0.0635. The van der Waals surface area contributed by atoms with E-state index in [1.54, 1.807) is 43.8 Å². The van der Waals surface area contributed by atoms with E-state index in [4.69, 9.17) is 4.74 Å². The molecule has 3 N–H and O–H groups in total. The van der Waals surface area contributed by atoms with Gasteiger partial charge in [0.05, 0.1) is 11.4 Å². The average Bonchev–Trinajstić information content (AvgIpc) is 3.60. The van der Waals surface area contributed by atoms with Gasteiger partial charge in [-0.05, 0) is 65.3 Å². The van der Waals surface area contributed by atoms with E-state index in [0.29, 0.717) is 24.5 Å². The predicted molar refractivity (Wildman–Crippen MR) is 166 cm³/mol. The minimum atomic E-state index is -0.632. The second-order valence-corrected chi connectivity index (χ2v) is 12.9. The van der Waals surface area contributed by atoms with Crippen molar-refractivity contribution in [2.24, 2.45) is 0 Å². The number of hydrogen-bond acceptors (Lipinski definition) is 8. The molecule has 1 saturated carbocycles. The number of nitrogens with zero attached hydrogens (tertiary/aromatic N) is 4. The molecule has 0 unspecified atom stereocenters. The molecule has 42 heavy (non-hydrogen) atoms. The van der Waals surface area contributed by atoms with E-state index in [0.717, 1.165) is 70.4 Å². The molecule has 4 amide bonds. The Kier molecular flexibility index (Phi) is 11.2. The van der Waals surface area contributed by atoms with Crippen LogP contribution >= 0.6 is 11.3 Å². The van der Waals surface area contributed by atoms with Gasteiger partial charge in [0, 0.05) is 62.3 Å². The van der Waals surface area contributed by atoms with Crippen LogP contribution in [0.1, 0.15) is 68.9 Å². The Morgan fingerprint density at radius 2 is 1.74 bits per heavy atom. The van der Waals surface area contributed by atoms with Gasteiger partial charge in [-0.3, -0.25) is 15.1 Å². The highest BCUT2D eigenvalue weighted by Gasteiger charge is 2.23. The van der Waals surface area contributed by atoms with Gasteiger partial charge in [0.15, 0.2) is 0 Å². The third-order valence-corrected chi connectivity index (χ3v) is 8.19. The van der Waals surface area contributed by atoms with Crippen LogP contribution in [0.4, 0.5) is 21.0 Å². The minimum Gasteiger partial charge on any atom is -0.444 e. The average molecular weight is 600 g/mol. The van der Waals surface area contributed by atoms with Gasteiger partial charge in [-0.15, -0.1) is 11.3 Å². The van der Waals surface area contributed by atoms with Crippen LogP contribution < -0.4 is 16.0 Å². The monoisotopic (exact) mass is 599 g/mol. The first-order chi connectivity index (χ1) is 20.1. The SMILES string of the molecule is CN1CCN(CCCN(Cc2ccc(C(=O)Nc3cscc3NC(=O)OC(C)(C)C)nc2)C(=O)NC2CCCC2)CC1. The molecule has 3 heterocycles. The normalized spacial score (nSPS) is 16.7. The molecule has 2 aromatic rings. The maximum absolute atomic E-state index is 13.2. The van der Waals surface area contributed by atoms with Crippen molar-refractivity contribution in [3.05, 3.63) is 40.3 Å². The van der Waals surface area contributed by atoms with Crippen molar-refractivity contribution in [2.45, 2.75) is 71.1 Å². The van der Waals surface area contributed by atoms with Crippen LogP contribution in [-0.4, -0.2) is 95.7 Å². The second kappa shape index (κ2) is 14.8. The number of piperazine rings is 1. The zero-order valence-corrected chi connectivity index (χ0v) is 26.1. The summed E-state index contributed by atoms with van der Waals surface area (Å²) in [6.07, 6.45) is 6.34. The Hall–Kier alpha value is -3.22. The van der Waals surface area contributed by atoms with Crippen LogP contribution in [0.3, 0.4) is 0 Å². The molecule has 1 aliphatic heterocycles. The number of anilines is 2. The van der Waals surface area contributed by atoms with Gasteiger partial charge >= 0.3 is 12.1 Å². The molecule has 1 aliphatic carbocycles. The van der Waals surface area contributed by atoms with E-state index in [9.17, 15) is 14.4 Å². The highest BCUT2D eigenvalue weighted by Crippen LogP contribution is 2.27. The molecule has 2 aromatic heterocycles. The van der Waals surface area contributed by atoms with Crippen molar-refractivity contribution in [3.8, 4) is 0 Å². The third kappa shape index (κ3) is 9.95. The van der Waals surface area contributed by atoms with Gasteiger partial charge in [-0.1, -0.05) is 18.9 Å². The van der Waals surface area contributed by atoms with Crippen LogP contribution in [0.25, 0.3) is 0 Å². The zero-order chi connectivity index (χ0) is 30.1. The topological polar surface area (TPSA) is 119 Å². The van der Waals surface area contributed by atoms with Crippen LogP contribution in [0.2, 0.25) is 0 Å². The summed E-state index contributed by atoms with van der Waals surface area (Å²) in [5.41, 5.74) is 1.39. The molecular weight excluding hydrogens is 554 g/mol. The summed E-state index contributed by atoms with van der Waals surface area (Å²) < 4.78 is 5.31. The number of pyridine rings is 1. The number of rotatable bonds is 10. The van der Waals surface area contributed by atoms with Crippen molar-refractivity contribution in [2.75, 3.05) is 56.9 Å². The molecule has 0 bridgehead atoms. The molecule has 1 saturated heterocycles. The van der Waals surface area contributed by atoms with Crippen LogP contribution in [-0.2, 0) is 11.3 Å². The summed E-state index contributed by atoms with van der Waals surface area (Å²) in [5.74, 6) is -0.393. The number of hydrogen-bond donors (Lipinski definition) is 3. The molecule has 12 heteroatoms. The molecule has 11 nitrogen and oxygen atoms in total. The molecule has 0 aromatic carbocycles. The summed E-state index contributed by atoms with van der Waals surface area (Å²) in [6, 6.07) is 3.71. The van der Waals surface area contributed by atoms with Crippen LogP contribution in [0, 0.1) is 0 Å². The summed E-state index contributed by atoms with van der Waals surface area (Å²) >= 11 is 1.35. The van der Waals surface area contributed by atoms with Crippen LogP contribution in [0.15, 0.2) is 29.1 Å². The van der Waals surface area contributed by atoms with Gasteiger partial charge in [-0.2, -0.15) is 0 Å². The number of ether oxygens (including phenoxy) is 1. The molecule has 230 valence electrons. The van der Waals surface area contributed by atoms with Gasteiger partial charge in [0.1, 0.15) is 11.3 Å². The molecule has 2 aliphatic rings. The Morgan fingerprint density at radius 1 is 1.05 bits per heavy atom. The first-order valence-electron chi connectivity index (χ1n) is 14.8. The maximum atomic E-state index is 13.2. The summed E-state index contributed by atoms with van der Waals surface area (Å²) in [5, 5.41) is 12.2. The quantitative estimate of drug-likeness (QED) is 0.358. The highest BCUT2D eigenvalue weighted by atomic mass is 32.1. The van der Waals surface area contributed by atoms with Crippen molar-refractivity contribution >= 4 is 40.7 Å². The van der Waals surface area contributed by atoms with Crippen LogP contribution in [0.5, 0.6) is 0 Å². The summed E-state index contributed by atoms with van der Waals surface area (Å²) in [6.45, 7) is 11.7. The lowest BCUT2D eigenvalue weighted by atomic mass is 10.2. The highest BCUT2D eigenvalue weighted by molar-refractivity contribution is 7.09. The number of thiophene rings is 1. The van der Waals surface area contributed by atoms with E-state index in [1.165, 1.54) is 11.3 Å². The van der Waals surface area contributed by atoms with E-state index in [2.05, 4.69) is 37.8 Å². The fraction of sp³-hybridized carbons (Fsp3) is 0.600. The lowest BCUT2D eigenvalue weighted by Crippen LogP contribution is -2.46. The summed E-state index contributed by atoms with van der Waals surface area (Å²) in [4.78, 5) is 49.4. The number of likely N-dealkylation sites (N-methyl/N-ethyl adjacent to an activating group) is 1.